The van der Waals surface area contributed by atoms with Crippen LogP contribution in [0.1, 0.15) is 11.1 Å². The van der Waals surface area contributed by atoms with E-state index >= 15 is 0 Å². The summed E-state index contributed by atoms with van der Waals surface area (Å²) in [6.45, 7) is 5.59. The molecular weight excluding hydrogens is 274 g/mol. The van der Waals surface area contributed by atoms with Crippen molar-refractivity contribution in [2.24, 2.45) is 0 Å². The average Bonchev–Trinajstić information content (AvgIpc) is 2.61. The zero-order valence-corrected chi connectivity index (χ0v) is 12.9. The fourth-order valence-corrected chi connectivity index (χ4v) is 2.60. The number of hydrogen-bond acceptors (Lipinski definition) is 3. The van der Waals surface area contributed by atoms with Gasteiger partial charge in [0.05, 0.1) is 13.2 Å². The van der Waals surface area contributed by atoms with E-state index in [0.717, 1.165) is 45.0 Å². The first-order chi connectivity index (χ1) is 10.9. The fourth-order valence-electron chi connectivity index (χ4n) is 2.60. The molecule has 0 aromatic heterocycles. The van der Waals surface area contributed by atoms with Crippen LogP contribution in [0.5, 0.6) is 5.75 Å². The highest BCUT2D eigenvalue weighted by atomic mass is 16.5. The molecule has 1 aliphatic rings. The van der Waals surface area contributed by atoms with E-state index in [4.69, 9.17) is 9.47 Å². The molecule has 1 heterocycles. The standard InChI is InChI=1S/C19H23NO2/c1-2-4-19(5-3-1)22-16-18-8-6-17(7-9-18)10-11-20-12-14-21-15-13-20/h1-9H,10-16H2. The second-order valence-corrected chi connectivity index (χ2v) is 5.62. The Morgan fingerprint density at radius 1 is 0.864 bits per heavy atom. The van der Waals surface area contributed by atoms with E-state index in [1.54, 1.807) is 0 Å². The molecule has 0 aliphatic carbocycles. The number of morpholine rings is 1. The predicted molar refractivity (Wildman–Crippen MR) is 88.2 cm³/mol. The van der Waals surface area contributed by atoms with Crippen molar-refractivity contribution in [3.8, 4) is 5.75 Å². The van der Waals surface area contributed by atoms with Gasteiger partial charge in [0.25, 0.3) is 0 Å². The highest BCUT2D eigenvalue weighted by molar-refractivity contribution is 5.24. The Kier molecular flexibility index (Phi) is 5.46. The zero-order chi connectivity index (χ0) is 15.0. The summed E-state index contributed by atoms with van der Waals surface area (Å²) in [5.41, 5.74) is 2.59. The van der Waals surface area contributed by atoms with E-state index in [-0.39, 0.29) is 0 Å². The van der Waals surface area contributed by atoms with Crippen LogP contribution < -0.4 is 4.74 Å². The molecule has 0 spiro atoms. The van der Waals surface area contributed by atoms with Crippen molar-refractivity contribution < 1.29 is 9.47 Å². The maximum atomic E-state index is 5.76. The van der Waals surface area contributed by atoms with Gasteiger partial charge in [-0.05, 0) is 29.7 Å². The molecule has 116 valence electrons. The summed E-state index contributed by atoms with van der Waals surface area (Å²) in [5.74, 6) is 0.916. The van der Waals surface area contributed by atoms with Gasteiger partial charge in [-0.15, -0.1) is 0 Å². The van der Waals surface area contributed by atoms with Gasteiger partial charge in [-0.2, -0.15) is 0 Å². The number of ether oxygens (including phenoxy) is 2. The van der Waals surface area contributed by atoms with Gasteiger partial charge in [-0.1, -0.05) is 42.5 Å². The molecule has 2 aromatic rings. The van der Waals surface area contributed by atoms with Gasteiger partial charge in [0.1, 0.15) is 12.4 Å². The summed E-state index contributed by atoms with van der Waals surface area (Å²) in [6, 6.07) is 18.7. The lowest BCUT2D eigenvalue weighted by Crippen LogP contribution is -2.37. The minimum absolute atomic E-state index is 0.619. The summed E-state index contributed by atoms with van der Waals surface area (Å²) in [6.07, 6.45) is 1.10. The van der Waals surface area contributed by atoms with E-state index < -0.39 is 0 Å². The summed E-state index contributed by atoms with van der Waals surface area (Å²) in [4.78, 5) is 2.47. The SMILES string of the molecule is c1ccc(OCc2ccc(CCN3CCOCC3)cc2)cc1. The van der Waals surface area contributed by atoms with E-state index in [9.17, 15) is 0 Å². The van der Waals surface area contributed by atoms with Crippen LogP contribution in [-0.2, 0) is 17.8 Å². The number of hydrogen-bond donors (Lipinski definition) is 0. The molecule has 22 heavy (non-hydrogen) atoms. The van der Waals surface area contributed by atoms with Gasteiger partial charge in [-0.25, -0.2) is 0 Å². The molecule has 0 saturated carbocycles. The maximum Gasteiger partial charge on any atom is 0.119 e. The van der Waals surface area contributed by atoms with Crippen molar-refractivity contribution in [3.05, 3.63) is 65.7 Å². The molecule has 0 radical (unpaired) electrons. The lowest BCUT2D eigenvalue weighted by Gasteiger charge is -2.26. The number of benzene rings is 2. The summed E-state index contributed by atoms with van der Waals surface area (Å²) < 4.78 is 11.1. The molecule has 0 N–H and O–H groups in total. The van der Waals surface area contributed by atoms with Crippen molar-refractivity contribution in [2.75, 3.05) is 32.8 Å². The monoisotopic (exact) mass is 297 g/mol. The van der Waals surface area contributed by atoms with Crippen LogP contribution >= 0.6 is 0 Å². The largest absolute Gasteiger partial charge is 0.489 e. The first kappa shape index (κ1) is 15.1. The van der Waals surface area contributed by atoms with Crippen LogP contribution in [0.15, 0.2) is 54.6 Å². The van der Waals surface area contributed by atoms with Gasteiger partial charge in [0, 0.05) is 19.6 Å². The van der Waals surface area contributed by atoms with Crippen LogP contribution in [-0.4, -0.2) is 37.7 Å². The smallest absolute Gasteiger partial charge is 0.119 e. The molecule has 0 atom stereocenters. The normalized spacial score (nSPS) is 15.6. The Hall–Kier alpha value is -1.84. The Morgan fingerprint density at radius 3 is 2.27 bits per heavy atom. The Morgan fingerprint density at radius 2 is 1.55 bits per heavy atom. The third-order valence-electron chi connectivity index (χ3n) is 3.99. The molecule has 1 fully saturated rings. The molecular formula is C19H23NO2. The summed E-state index contributed by atoms with van der Waals surface area (Å²) in [7, 11) is 0. The third kappa shape index (κ3) is 4.58. The minimum atomic E-state index is 0.619. The number of para-hydroxylation sites is 1. The number of nitrogens with zero attached hydrogens (tertiary/aromatic N) is 1. The van der Waals surface area contributed by atoms with E-state index in [1.165, 1.54) is 11.1 Å². The highest BCUT2D eigenvalue weighted by Gasteiger charge is 2.09. The van der Waals surface area contributed by atoms with E-state index in [1.807, 2.05) is 30.3 Å². The van der Waals surface area contributed by atoms with Crippen LogP contribution in [0, 0.1) is 0 Å². The third-order valence-corrected chi connectivity index (χ3v) is 3.99. The van der Waals surface area contributed by atoms with Crippen molar-refractivity contribution >= 4 is 0 Å². The molecule has 0 unspecified atom stereocenters. The molecule has 3 heteroatoms. The first-order valence-electron chi connectivity index (χ1n) is 7.96. The minimum Gasteiger partial charge on any atom is -0.489 e. The van der Waals surface area contributed by atoms with Crippen molar-refractivity contribution in [1.82, 2.24) is 4.90 Å². The van der Waals surface area contributed by atoms with Crippen LogP contribution in [0.4, 0.5) is 0 Å². The van der Waals surface area contributed by atoms with Crippen LogP contribution in [0.3, 0.4) is 0 Å². The molecule has 1 saturated heterocycles. The van der Waals surface area contributed by atoms with Crippen molar-refractivity contribution in [3.63, 3.8) is 0 Å². The zero-order valence-electron chi connectivity index (χ0n) is 12.9. The van der Waals surface area contributed by atoms with E-state index in [2.05, 4.69) is 29.2 Å². The summed E-state index contributed by atoms with van der Waals surface area (Å²) >= 11 is 0. The maximum absolute atomic E-state index is 5.76. The molecule has 3 rings (SSSR count). The van der Waals surface area contributed by atoms with Gasteiger partial charge in [0.2, 0.25) is 0 Å². The number of rotatable bonds is 6. The van der Waals surface area contributed by atoms with Crippen LogP contribution in [0.2, 0.25) is 0 Å². The summed E-state index contributed by atoms with van der Waals surface area (Å²) in [5, 5.41) is 0. The fraction of sp³-hybridized carbons (Fsp3) is 0.368. The Bertz CT molecular complexity index is 547. The van der Waals surface area contributed by atoms with Crippen molar-refractivity contribution in [1.29, 1.82) is 0 Å². The van der Waals surface area contributed by atoms with Gasteiger partial charge >= 0.3 is 0 Å². The van der Waals surface area contributed by atoms with E-state index in [0.29, 0.717) is 6.61 Å². The lowest BCUT2D eigenvalue weighted by molar-refractivity contribution is 0.0384. The first-order valence-corrected chi connectivity index (χ1v) is 7.96. The van der Waals surface area contributed by atoms with Crippen molar-refractivity contribution in [2.45, 2.75) is 13.0 Å². The lowest BCUT2D eigenvalue weighted by atomic mass is 10.1. The van der Waals surface area contributed by atoms with Gasteiger partial charge < -0.3 is 9.47 Å². The predicted octanol–water partition coefficient (Wildman–Crippen LogP) is 3.14. The molecule has 3 nitrogen and oxygen atoms in total. The van der Waals surface area contributed by atoms with Gasteiger partial charge in [0.15, 0.2) is 0 Å². The van der Waals surface area contributed by atoms with Gasteiger partial charge in [-0.3, -0.25) is 4.90 Å². The quantitative estimate of drug-likeness (QED) is 0.817. The molecule has 2 aromatic carbocycles. The highest BCUT2D eigenvalue weighted by Crippen LogP contribution is 2.13. The second kappa shape index (κ2) is 7.97. The average molecular weight is 297 g/mol. The second-order valence-electron chi connectivity index (χ2n) is 5.62. The topological polar surface area (TPSA) is 21.7 Å². The Balaban J connectivity index is 1.45. The molecule has 1 aliphatic heterocycles. The molecule has 0 bridgehead atoms. The van der Waals surface area contributed by atoms with Crippen LogP contribution in [0.25, 0.3) is 0 Å². The molecule has 0 amide bonds. The Labute approximate surface area is 132 Å².